The summed E-state index contributed by atoms with van der Waals surface area (Å²) in [5.74, 6) is -0.294. The largest absolute Gasteiger partial charge is 0.394 e. The smallest absolute Gasteiger partial charge is 0.220 e. The minimum Gasteiger partial charge on any atom is -0.394 e. The Morgan fingerprint density at radius 3 is 1.14 bits per heavy atom. The van der Waals surface area contributed by atoms with Gasteiger partial charge in [0.05, 0.1) is 38.6 Å². The maximum Gasteiger partial charge on any atom is 0.220 e. The van der Waals surface area contributed by atoms with Crippen molar-refractivity contribution in [2.24, 2.45) is 0 Å². The number of hydrogen-bond donors (Lipinski definition) is 12. The SMILES string of the molecule is CC/C=C\C/C=C\C/C=C\C/C=C\CCCCCCCCCCC(=O)NC(COC1OC(CO)C(OC2OC(CO)C(OC3OC(CO)C(O)C(O)C3O)C(O)C2O)C(O)C1O)C(O)/C=C/CC/C=C/CCCCCCCCCCCCCCCCCCCCCCCCCCCC. The van der Waals surface area contributed by atoms with Crippen LogP contribution in [0.3, 0.4) is 0 Å². The van der Waals surface area contributed by atoms with E-state index in [1.807, 2.05) is 6.08 Å². The van der Waals surface area contributed by atoms with Gasteiger partial charge in [-0.3, -0.25) is 4.79 Å². The highest BCUT2D eigenvalue weighted by Gasteiger charge is 2.53. The highest BCUT2D eigenvalue weighted by atomic mass is 16.8. The van der Waals surface area contributed by atoms with Crippen molar-refractivity contribution in [3.8, 4) is 0 Å². The fourth-order valence-corrected chi connectivity index (χ4v) is 13.0. The first-order valence-electron chi connectivity index (χ1n) is 39.2. The monoisotopic (exact) mass is 1390 g/mol. The van der Waals surface area contributed by atoms with Crippen molar-refractivity contribution in [3.05, 3.63) is 72.9 Å². The maximum atomic E-state index is 13.4. The number of aliphatic hydroxyl groups excluding tert-OH is 11. The van der Waals surface area contributed by atoms with Crippen molar-refractivity contribution < 1.29 is 89.4 Å². The number of rotatable bonds is 61. The average Bonchev–Trinajstić information content (AvgIpc) is 0.784. The Morgan fingerprint density at radius 1 is 0.378 bits per heavy atom. The van der Waals surface area contributed by atoms with Gasteiger partial charge in [-0.05, 0) is 70.6 Å². The Balaban J connectivity index is 1.39. The summed E-state index contributed by atoms with van der Waals surface area (Å²) in [5.41, 5.74) is 0. The molecule has 0 aromatic heterocycles. The van der Waals surface area contributed by atoms with Crippen molar-refractivity contribution >= 4 is 5.91 Å². The minimum absolute atomic E-state index is 0.223. The lowest BCUT2D eigenvalue weighted by Crippen LogP contribution is -2.66. The van der Waals surface area contributed by atoms with Gasteiger partial charge >= 0.3 is 0 Å². The van der Waals surface area contributed by atoms with E-state index in [0.29, 0.717) is 12.8 Å². The van der Waals surface area contributed by atoms with Gasteiger partial charge in [-0.1, -0.05) is 286 Å². The second kappa shape index (κ2) is 59.6. The molecule has 0 saturated carbocycles. The minimum atomic E-state index is -1.99. The van der Waals surface area contributed by atoms with Crippen LogP contribution in [-0.2, 0) is 33.2 Å². The van der Waals surface area contributed by atoms with Gasteiger partial charge in [-0.15, -0.1) is 0 Å². The number of hydrogen-bond acceptors (Lipinski definition) is 18. The van der Waals surface area contributed by atoms with E-state index in [4.69, 9.17) is 28.4 Å². The fourth-order valence-electron chi connectivity index (χ4n) is 13.0. The second-order valence-corrected chi connectivity index (χ2v) is 27.8. The van der Waals surface area contributed by atoms with Crippen molar-refractivity contribution in [1.29, 1.82) is 0 Å². The topological polar surface area (TPSA) is 307 Å². The Hall–Kier alpha value is -2.77. The molecule has 3 saturated heterocycles. The van der Waals surface area contributed by atoms with Gasteiger partial charge in [0.1, 0.15) is 73.2 Å². The molecule has 19 nitrogen and oxygen atoms in total. The zero-order valence-corrected chi connectivity index (χ0v) is 60.8. The van der Waals surface area contributed by atoms with Crippen LogP contribution >= 0.6 is 0 Å². The molecule has 0 spiro atoms. The van der Waals surface area contributed by atoms with E-state index >= 15 is 0 Å². The molecular weight excluding hydrogens is 1250 g/mol. The van der Waals surface area contributed by atoms with Crippen LogP contribution in [0, 0.1) is 0 Å². The van der Waals surface area contributed by atoms with Gasteiger partial charge in [0.15, 0.2) is 18.9 Å². The van der Waals surface area contributed by atoms with Gasteiger partial charge in [0.25, 0.3) is 0 Å². The van der Waals surface area contributed by atoms with Crippen LogP contribution in [0.5, 0.6) is 0 Å². The van der Waals surface area contributed by atoms with Crippen molar-refractivity contribution in [1.82, 2.24) is 5.32 Å². The number of unbranched alkanes of at least 4 members (excludes halogenated alkanes) is 35. The van der Waals surface area contributed by atoms with Crippen LogP contribution < -0.4 is 5.32 Å². The van der Waals surface area contributed by atoms with E-state index in [1.165, 1.54) is 180 Å². The van der Waals surface area contributed by atoms with Gasteiger partial charge in [-0.25, -0.2) is 0 Å². The molecule has 0 aromatic rings. The molecule has 17 unspecified atom stereocenters. The molecule has 19 heteroatoms. The van der Waals surface area contributed by atoms with Gasteiger partial charge in [0, 0.05) is 6.42 Å². The number of allylic oxidation sites excluding steroid dienone is 11. The molecule has 3 aliphatic rings. The van der Waals surface area contributed by atoms with Gasteiger partial charge in [-0.2, -0.15) is 0 Å². The Labute approximate surface area is 591 Å². The maximum absolute atomic E-state index is 13.4. The average molecular weight is 1390 g/mol. The van der Waals surface area contributed by atoms with E-state index in [0.717, 1.165) is 77.0 Å². The third-order valence-electron chi connectivity index (χ3n) is 19.2. The fraction of sp³-hybridized carbons (Fsp3) is 0.835. The van der Waals surface area contributed by atoms with Crippen LogP contribution in [0.4, 0.5) is 0 Å². The van der Waals surface area contributed by atoms with Crippen LogP contribution in [0.2, 0.25) is 0 Å². The lowest BCUT2D eigenvalue weighted by Gasteiger charge is -2.48. The van der Waals surface area contributed by atoms with E-state index < -0.39 is 124 Å². The Bertz CT molecular complexity index is 2050. The zero-order chi connectivity index (χ0) is 71.1. The summed E-state index contributed by atoms with van der Waals surface area (Å²) < 4.78 is 34.4. The first kappa shape index (κ1) is 89.4. The lowest BCUT2D eigenvalue weighted by molar-refractivity contribution is -0.379. The van der Waals surface area contributed by atoms with Crippen LogP contribution in [-0.4, -0.2) is 193 Å². The first-order valence-corrected chi connectivity index (χ1v) is 39.2. The summed E-state index contributed by atoms with van der Waals surface area (Å²) in [4.78, 5) is 13.4. The van der Waals surface area contributed by atoms with Crippen LogP contribution in [0.25, 0.3) is 0 Å². The van der Waals surface area contributed by atoms with Crippen LogP contribution in [0.1, 0.15) is 290 Å². The highest BCUT2D eigenvalue weighted by Crippen LogP contribution is 2.33. The lowest BCUT2D eigenvalue weighted by atomic mass is 9.96. The van der Waals surface area contributed by atoms with Gasteiger partial charge < -0.3 is 89.9 Å². The van der Waals surface area contributed by atoms with Crippen molar-refractivity contribution in [2.45, 2.75) is 394 Å². The summed E-state index contributed by atoms with van der Waals surface area (Å²) >= 11 is 0. The molecule has 1 amide bonds. The molecule has 12 N–H and O–H groups in total. The summed E-state index contributed by atoms with van der Waals surface area (Å²) in [6.45, 7) is 1.62. The quantitative estimate of drug-likeness (QED) is 0.0199. The first-order chi connectivity index (χ1) is 47.8. The summed E-state index contributed by atoms with van der Waals surface area (Å²) in [6, 6.07) is -1.00. The van der Waals surface area contributed by atoms with Crippen LogP contribution in [0.15, 0.2) is 72.9 Å². The number of nitrogens with one attached hydrogen (secondary N) is 1. The van der Waals surface area contributed by atoms with Gasteiger partial charge in [0.2, 0.25) is 5.91 Å². The molecule has 570 valence electrons. The van der Waals surface area contributed by atoms with E-state index in [2.05, 4.69) is 79.9 Å². The number of aliphatic hydroxyl groups is 11. The summed E-state index contributed by atoms with van der Waals surface area (Å²) in [7, 11) is 0. The molecule has 0 radical (unpaired) electrons. The predicted octanol–water partition coefficient (Wildman–Crippen LogP) is 12.4. The second-order valence-electron chi connectivity index (χ2n) is 27.8. The summed E-state index contributed by atoms with van der Waals surface area (Å²) in [6.07, 6.45) is 50.4. The van der Waals surface area contributed by atoms with E-state index in [1.54, 1.807) is 6.08 Å². The number of amides is 1. The molecule has 98 heavy (non-hydrogen) atoms. The highest BCUT2D eigenvalue weighted by molar-refractivity contribution is 5.76. The number of carbonyl (C=O) groups excluding carboxylic acids is 1. The zero-order valence-electron chi connectivity index (χ0n) is 60.8. The molecule has 0 bridgehead atoms. The standard InChI is InChI=1S/C79H141NO18/c1-3-5-7-9-11-13-15-17-19-21-23-25-26-27-28-29-30-31-32-33-34-35-37-38-40-42-44-46-48-50-52-54-56-63(84)62(80-67(85)57-55-53-51-49-47-45-43-41-39-36-24-22-20-18-16-14-12-10-8-6-4-2)61-93-77-73(91)70(88)75(65(59-82)95-77)98-79-74(92)71(89)76(66(60-83)96-79)97-78-72(90)69(87)68(86)64(58-81)94-78/h6,8,12,14,18,20,24,36,46,48,54,56,62-66,68-79,81-84,86-92H,3-5,7,9-11,13,15-17,19,21-23,25-35,37-45,47,49-53,55,57-61H2,1-2H3,(H,80,85)/b8-6-,14-12-,20-18-,36-24-,48-46+,56-54+. The molecule has 3 fully saturated rings. The molecule has 3 rings (SSSR count). The normalized spacial score (nSPS) is 27.1. The molecule has 0 aliphatic carbocycles. The Morgan fingerprint density at radius 2 is 0.714 bits per heavy atom. The third kappa shape index (κ3) is 39.8. The summed E-state index contributed by atoms with van der Waals surface area (Å²) in [5, 5.41) is 121. The Kier molecular flexibility index (Phi) is 54.4. The number of carbonyl (C=O) groups is 1. The molecule has 0 aromatic carbocycles. The predicted molar refractivity (Wildman–Crippen MR) is 388 cm³/mol. The van der Waals surface area contributed by atoms with Crippen molar-refractivity contribution in [2.75, 3.05) is 26.4 Å². The van der Waals surface area contributed by atoms with Crippen molar-refractivity contribution in [3.63, 3.8) is 0 Å². The number of ether oxygens (including phenoxy) is 6. The molecule has 17 atom stereocenters. The molecular formula is C79H141NO18. The third-order valence-corrected chi connectivity index (χ3v) is 19.2. The molecule has 3 heterocycles. The molecule has 3 aliphatic heterocycles. The van der Waals surface area contributed by atoms with E-state index in [9.17, 15) is 61.0 Å². The van der Waals surface area contributed by atoms with E-state index in [-0.39, 0.29) is 18.9 Å².